The standard InChI is InChI=1S/C26H40N2O5/c1-19(2)13-18-28(24(30)33-26(6,7)8)20-9-11-21(12-10-20)31-22-14-16-27(17-15-22)23(29)32-25(3,4)5/h9-13,22H,14-18H2,1-8H3. The molecule has 0 radical (unpaired) electrons. The zero-order chi connectivity index (χ0) is 24.8. The minimum atomic E-state index is -0.572. The van der Waals surface area contributed by atoms with E-state index in [0.717, 1.165) is 29.9 Å². The van der Waals surface area contributed by atoms with Gasteiger partial charge in [-0.2, -0.15) is 0 Å². The van der Waals surface area contributed by atoms with Crippen LogP contribution in [0.25, 0.3) is 0 Å². The van der Waals surface area contributed by atoms with Crippen LogP contribution >= 0.6 is 0 Å². The van der Waals surface area contributed by atoms with Crippen LogP contribution < -0.4 is 9.64 Å². The van der Waals surface area contributed by atoms with Crippen LogP contribution in [-0.4, -0.2) is 54.0 Å². The van der Waals surface area contributed by atoms with Crippen LogP contribution in [0.1, 0.15) is 68.2 Å². The van der Waals surface area contributed by atoms with Crippen LogP contribution in [0.2, 0.25) is 0 Å². The fourth-order valence-corrected chi connectivity index (χ4v) is 3.26. The third kappa shape index (κ3) is 9.36. The number of benzene rings is 1. The number of likely N-dealkylation sites (tertiary alicyclic amines) is 1. The maximum absolute atomic E-state index is 12.7. The van der Waals surface area contributed by atoms with E-state index in [2.05, 4.69) is 0 Å². The van der Waals surface area contributed by atoms with Crippen molar-refractivity contribution in [2.24, 2.45) is 0 Å². The van der Waals surface area contributed by atoms with E-state index in [1.807, 2.05) is 85.7 Å². The number of allylic oxidation sites excluding steroid dienone is 1. The first-order valence-corrected chi connectivity index (χ1v) is 11.6. The zero-order valence-corrected chi connectivity index (χ0v) is 21.4. The van der Waals surface area contributed by atoms with Crippen LogP contribution in [-0.2, 0) is 9.47 Å². The molecule has 2 rings (SSSR count). The lowest BCUT2D eigenvalue weighted by Gasteiger charge is -2.33. The molecule has 1 heterocycles. The first-order valence-electron chi connectivity index (χ1n) is 11.6. The molecule has 0 spiro atoms. The second-order valence-electron chi connectivity index (χ2n) is 10.7. The fourth-order valence-electron chi connectivity index (χ4n) is 3.26. The van der Waals surface area contributed by atoms with Crippen LogP contribution in [0.4, 0.5) is 15.3 Å². The summed E-state index contributed by atoms with van der Waals surface area (Å²) >= 11 is 0. The summed E-state index contributed by atoms with van der Waals surface area (Å²) in [5.74, 6) is 0.737. The van der Waals surface area contributed by atoms with Crippen LogP contribution in [0.3, 0.4) is 0 Å². The molecule has 0 N–H and O–H groups in total. The predicted molar refractivity (Wildman–Crippen MR) is 131 cm³/mol. The van der Waals surface area contributed by atoms with E-state index in [1.54, 1.807) is 9.80 Å². The van der Waals surface area contributed by atoms with Gasteiger partial charge in [0.1, 0.15) is 23.1 Å². The molecule has 1 aliphatic heterocycles. The molecule has 1 saturated heterocycles. The molecule has 0 aliphatic carbocycles. The van der Waals surface area contributed by atoms with E-state index in [1.165, 1.54) is 0 Å². The number of hydrogen-bond acceptors (Lipinski definition) is 5. The zero-order valence-electron chi connectivity index (χ0n) is 21.4. The molecule has 7 heteroatoms. The van der Waals surface area contributed by atoms with Gasteiger partial charge in [0.25, 0.3) is 0 Å². The van der Waals surface area contributed by atoms with Crippen LogP contribution in [0.5, 0.6) is 5.75 Å². The van der Waals surface area contributed by atoms with Gasteiger partial charge in [-0.15, -0.1) is 0 Å². The Hall–Kier alpha value is -2.70. The summed E-state index contributed by atoms with van der Waals surface area (Å²) in [6, 6.07) is 7.48. The quantitative estimate of drug-likeness (QED) is 0.491. The summed E-state index contributed by atoms with van der Waals surface area (Å²) in [6.45, 7) is 16.8. The third-order valence-corrected chi connectivity index (χ3v) is 4.84. The van der Waals surface area contributed by atoms with Crippen molar-refractivity contribution in [3.63, 3.8) is 0 Å². The predicted octanol–water partition coefficient (Wildman–Crippen LogP) is 6.17. The maximum Gasteiger partial charge on any atom is 0.415 e. The minimum Gasteiger partial charge on any atom is -0.490 e. The van der Waals surface area contributed by atoms with Crippen molar-refractivity contribution in [3.8, 4) is 5.75 Å². The monoisotopic (exact) mass is 460 g/mol. The van der Waals surface area contributed by atoms with Gasteiger partial charge in [0, 0.05) is 38.2 Å². The molecule has 0 aromatic heterocycles. The highest BCUT2D eigenvalue weighted by molar-refractivity contribution is 5.88. The molecule has 1 fully saturated rings. The van der Waals surface area contributed by atoms with Crippen molar-refractivity contribution >= 4 is 17.9 Å². The molecule has 184 valence electrons. The van der Waals surface area contributed by atoms with Gasteiger partial charge in [0.05, 0.1) is 0 Å². The molecule has 2 amide bonds. The first-order chi connectivity index (χ1) is 15.2. The molecule has 1 aromatic carbocycles. The molecular formula is C26H40N2O5. The molecule has 0 bridgehead atoms. The Balaban J connectivity index is 1.98. The fraction of sp³-hybridized carbons (Fsp3) is 0.615. The van der Waals surface area contributed by atoms with E-state index in [4.69, 9.17) is 14.2 Å². The van der Waals surface area contributed by atoms with E-state index >= 15 is 0 Å². The maximum atomic E-state index is 12.7. The highest BCUT2D eigenvalue weighted by Crippen LogP contribution is 2.25. The Bertz CT molecular complexity index is 822. The van der Waals surface area contributed by atoms with E-state index in [0.29, 0.717) is 19.6 Å². The number of carbonyl (C=O) groups excluding carboxylic acids is 2. The third-order valence-electron chi connectivity index (χ3n) is 4.84. The molecule has 7 nitrogen and oxygen atoms in total. The number of anilines is 1. The SMILES string of the molecule is CC(C)=CCN(C(=O)OC(C)(C)C)c1ccc(OC2CCN(C(=O)OC(C)(C)C)CC2)cc1. The number of carbonyl (C=O) groups is 2. The average Bonchev–Trinajstić information content (AvgIpc) is 2.67. The number of ether oxygens (including phenoxy) is 3. The Morgan fingerprint density at radius 2 is 1.52 bits per heavy atom. The number of piperidine rings is 1. The number of amides is 2. The Labute approximate surface area is 198 Å². The van der Waals surface area contributed by atoms with Gasteiger partial charge in [-0.25, -0.2) is 9.59 Å². The summed E-state index contributed by atoms with van der Waals surface area (Å²) in [6.07, 6.45) is 2.85. The van der Waals surface area contributed by atoms with E-state index in [9.17, 15) is 9.59 Å². The smallest absolute Gasteiger partial charge is 0.415 e. The number of nitrogens with zero attached hydrogens (tertiary/aromatic N) is 2. The molecular weight excluding hydrogens is 420 g/mol. The van der Waals surface area contributed by atoms with Gasteiger partial charge < -0.3 is 19.1 Å². The summed E-state index contributed by atoms with van der Waals surface area (Å²) in [5, 5.41) is 0. The van der Waals surface area contributed by atoms with Gasteiger partial charge in [0.2, 0.25) is 0 Å². The lowest BCUT2D eigenvalue weighted by atomic mass is 10.1. The summed E-state index contributed by atoms with van der Waals surface area (Å²) in [7, 11) is 0. The van der Waals surface area contributed by atoms with Crippen molar-refractivity contribution in [1.29, 1.82) is 0 Å². The van der Waals surface area contributed by atoms with Crippen molar-refractivity contribution in [2.75, 3.05) is 24.5 Å². The second-order valence-corrected chi connectivity index (χ2v) is 10.7. The Morgan fingerprint density at radius 3 is 2.00 bits per heavy atom. The minimum absolute atomic E-state index is 0.0298. The van der Waals surface area contributed by atoms with Crippen molar-refractivity contribution in [3.05, 3.63) is 35.9 Å². The lowest BCUT2D eigenvalue weighted by molar-refractivity contribution is 0.0126. The molecule has 0 unspecified atom stereocenters. The lowest BCUT2D eigenvalue weighted by Crippen LogP contribution is -2.44. The van der Waals surface area contributed by atoms with Gasteiger partial charge in [-0.3, -0.25) is 4.90 Å². The Morgan fingerprint density at radius 1 is 0.970 bits per heavy atom. The Kier molecular flexibility index (Phi) is 8.81. The van der Waals surface area contributed by atoms with E-state index in [-0.39, 0.29) is 18.3 Å². The molecule has 0 atom stereocenters. The summed E-state index contributed by atoms with van der Waals surface area (Å²) in [4.78, 5) is 28.3. The summed E-state index contributed by atoms with van der Waals surface area (Å²) < 4.78 is 17.2. The second kappa shape index (κ2) is 10.9. The van der Waals surface area contributed by atoms with Gasteiger partial charge in [0.15, 0.2) is 0 Å². The first kappa shape index (κ1) is 26.6. The average molecular weight is 461 g/mol. The molecule has 0 saturated carbocycles. The van der Waals surface area contributed by atoms with Gasteiger partial charge in [-0.1, -0.05) is 11.6 Å². The number of hydrogen-bond donors (Lipinski definition) is 0. The van der Waals surface area contributed by atoms with Gasteiger partial charge >= 0.3 is 12.2 Å². The van der Waals surface area contributed by atoms with Crippen LogP contribution in [0, 0.1) is 0 Å². The van der Waals surface area contributed by atoms with Crippen molar-refractivity contribution < 1.29 is 23.8 Å². The molecule has 33 heavy (non-hydrogen) atoms. The highest BCUT2D eigenvalue weighted by atomic mass is 16.6. The summed E-state index contributed by atoms with van der Waals surface area (Å²) in [5.41, 5.74) is 0.803. The van der Waals surface area contributed by atoms with E-state index < -0.39 is 11.2 Å². The molecule has 1 aliphatic rings. The normalized spacial score (nSPS) is 15.0. The number of rotatable bonds is 5. The van der Waals surface area contributed by atoms with Crippen molar-refractivity contribution in [1.82, 2.24) is 4.90 Å². The largest absolute Gasteiger partial charge is 0.490 e. The topological polar surface area (TPSA) is 68.3 Å². The van der Waals surface area contributed by atoms with Gasteiger partial charge in [-0.05, 0) is 79.7 Å². The molecule has 1 aromatic rings. The highest BCUT2D eigenvalue weighted by Gasteiger charge is 2.28. The van der Waals surface area contributed by atoms with Crippen molar-refractivity contribution in [2.45, 2.75) is 85.5 Å². The van der Waals surface area contributed by atoms with Crippen LogP contribution in [0.15, 0.2) is 35.9 Å².